The van der Waals surface area contributed by atoms with Crippen LogP contribution >= 0.6 is 0 Å². The van der Waals surface area contributed by atoms with E-state index in [4.69, 9.17) is 0 Å². The van der Waals surface area contributed by atoms with Gasteiger partial charge >= 0.3 is 12.1 Å². The number of hydrogen-bond acceptors (Lipinski definition) is 3. The molecule has 3 atom stereocenters. The van der Waals surface area contributed by atoms with Gasteiger partial charge in [0.1, 0.15) is 6.17 Å². The highest BCUT2D eigenvalue weighted by atomic mass is 16.2. The van der Waals surface area contributed by atoms with E-state index in [-0.39, 0.29) is 29.9 Å². The topological polar surface area (TPSA) is 59.1 Å². The van der Waals surface area contributed by atoms with Crippen LogP contribution in [-0.4, -0.2) is 68.9 Å². The number of urea groups is 2. The van der Waals surface area contributed by atoms with Crippen LogP contribution in [0.5, 0.6) is 0 Å². The first-order chi connectivity index (χ1) is 9.75. The van der Waals surface area contributed by atoms with Crippen molar-refractivity contribution in [3.05, 3.63) is 0 Å². The van der Waals surface area contributed by atoms with E-state index in [0.717, 1.165) is 6.42 Å². The van der Waals surface area contributed by atoms with Gasteiger partial charge in [0.25, 0.3) is 0 Å². The third-order valence-electron chi connectivity index (χ3n) is 4.79. The maximum absolute atomic E-state index is 12.8. The second-order valence-electron chi connectivity index (χ2n) is 7.20. The molecule has 0 aliphatic carbocycles. The molecule has 0 spiro atoms. The lowest BCUT2D eigenvalue weighted by atomic mass is 10.1. The summed E-state index contributed by atoms with van der Waals surface area (Å²) < 4.78 is 0. The number of rotatable bonds is 2. The molecule has 7 heteroatoms. The average molecular weight is 295 g/mol. The summed E-state index contributed by atoms with van der Waals surface area (Å²) in [5.74, 6) is 0. The van der Waals surface area contributed by atoms with Crippen molar-refractivity contribution in [2.75, 3.05) is 13.3 Å². The van der Waals surface area contributed by atoms with Gasteiger partial charge in [0, 0.05) is 11.6 Å². The van der Waals surface area contributed by atoms with Crippen molar-refractivity contribution in [3.8, 4) is 0 Å². The maximum atomic E-state index is 12.8. The molecule has 3 aliphatic heterocycles. The SMILES string of the molecule is CC[C@H](C)N1CN2C(=O)N[C@H]3[C@H]2N(C1)C(=O)N3C(C)(C)C. The molecule has 21 heavy (non-hydrogen) atoms. The van der Waals surface area contributed by atoms with Crippen LogP contribution in [-0.2, 0) is 0 Å². The number of hydrogen-bond donors (Lipinski definition) is 1. The van der Waals surface area contributed by atoms with E-state index in [1.54, 1.807) is 9.80 Å². The van der Waals surface area contributed by atoms with Gasteiger partial charge in [-0.15, -0.1) is 0 Å². The minimum Gasteiger partial charge on any atom is -0.314 e. The summed E-state index contributed by atoms with van der Waals surface area (Å²) in [5, 5.41) is 2.98. The van der Waals surface area contributed by atoms with Crippen LogP contribution < -0.4 is 5.32 Å². The van der Waals surface area contributed by atoms with E-state index in [1.807, 2.05) is 25.7 Å². The Hall–Kier alpha value is -1.50. The van der Waals surface area contributed by atoms with Crippen LogP contribution in [0, 0.1) is 0 Å². The molecule has 0 saturated carbocycles. The van der Waals surface area contributed by atoms with Gasteiger partial charge in [0.05, 0.1) is 13.3 Å². The lowest BCUT2D eigenvalue weighted by Crippen LogP contribution is -2.61. The van der Waals surface area contributed by atoms with Gasteiger partial charge in [-0.3, -0.25) is 19.6 Å². The van der Waals surface area contributed by atoms with Crippen LogP contribution in [0.1, 0.15) is 41.0 Å². The molecule has 7 nitrogen and oxygen atoms in total. The van der Waals surface area contributed by atoms with Crippen molar-refractivity contribution >= 4 is 12.1 Å². The number of carbonyl (C=O) groups is 2. The normalized spacial score (nSPS) is 30.8. The predicted molar refractivity (Wildman–Crippen MR) is 78.1 cm³/mol. The van der Waals surface area contributed by atoms with Crippen LogP contribution in [0.2, 0.25) is 0 Å². The number of nitrogens with one attached hydrogen (secondary N) is 1. The predicted octanol–water partition coefficient (Wildman–Crippen LogP) is 1.23. The van der Waals surface area contributed by atoms with Gasteiger partial charge in [-0.1, -0.05) is 6.92 Å². The lowest BCUT2D eigenvalue weighted by molar-refractivity contribution is -0.0293. The zero-order valence-electron chi connectivity index (χ0n) is 13.5. The Kier molecular flexibility index (Phi) is 3.09. The standard InChI is InChI=1S/C14H25N5O2/c1-6-9(2)16-7-17-11-10(15-12(17)20)19(14(3,4)5)13(21)18(11)8-16/h9-11H,6-8H2,1-5H3,(H,15,20)/t9-,10+,11+/m0/s1. The van der Waals surface area contributed by atoms with Crippen LogP contribution in [0.3, 0.4) is 0 Å². The van der Waals surface area contributed by atoms with E-state index in [9.17, 15) is 9.59 Å². The van der Waals surface area contributed by atoms with E-state index in [2.05, 4.69) is 24.1 Å². The van der Waals surface area contributed by atoms with E-state index in [1.165, 1.54) is 0 Å². The highest BCUT2D eigenvalue weighted by molar-refractivity contribution is 5.85. The minimum absolute atomic E-state index is 0.00973. The summed E-state index contributed by atoms with van der Waals surface area (Å²) in [6, 6.07) is 0.273. The minimum atomic E-state index is -0.316. The number of amides is 4. The molecule has 0 aromatic heterocycles. The highest BCUT2D eigenvalue weighted by Gasteiger charge is 2.60. The lowest BCUT2D eigenvalue weighted by Gasteiger charge is -2.43. The zero-order valence-corrected chi connectivity index (χ0v) is 13.5. The second-order valence-corrected chi connectivity index (χ2v) is 7.20. The summed E-state index contributed by atoms with van der Waals surface area (Å²) in [6.07, 6.45) is 0.572. The summed E-state index contributed by atoms with van der Waals surface area (Å²) in [7, 11) is 0. The maximum Gasteiger partial charge on any atom is 0.325 e. The molecule has 3 heterocycles. The summed E-state index contributed by atoms with van der Waals surface area (Å²) in [4.78, 5) is 32.6. The van der Waals surface area contributed by atoms with Gasteiger partial charge < -0.3 is 5.32 Å². The van der Waals surface area contributed by atoms with E-state index < -0.39 is 0 Å². The summed E-state index contributed by atoms with van der Waals surface area (Å²) >= 11 is 0. The van der Waals surface area contributed by atoms with Crippen LogP contribution in [0.4, 0.5) is 9.59 Å². The van der Waals surface area contributed by atoms with Crippen molar-refractivity contribution in [2.45, 2.75) is 65.0 Å². The van der Waals surface area contributed by atoms with Gasteiger partial charge in [-0.2, -0.15) is 0 Å². The fraction of sp³-hybridized carbons (Fsp3) is 0.857. The molecule has 4 amide bonds. The Morgan fingerprint density at radius 3 is 2.43 bits per heavy atom. The summed E-state index contributed by atoms with van der Waals surface area (Å²) in [6.45, 7) is 11.4. The van der Waals surface area contributed by atoms with Crippen LogP contribution in [0.15, 0.2) is 0 Å². The molecular formula is C14H25N5O2. The molecule has 0 bridgehead atoms. The highest BCUT2D eigenvalue weighted by Crippen LogP contribution is 2.36. The summed E-state index contributed by atoms with van der Waals surface area (Å²) in [5.41, 5.74) is -0.316. The molecule has 3 fully saturated rings. The quantitative estimate of drug-likeness (QED) is 0.833. The Balaban J connectivity index is 1.94. The van der Waals surface area contributed by atoms with Crippen molar-refractivity contribution in [1.82, 2.24) is 24.9 Å². The second kappa shape index (κ2) is 4.50. The largest absolute Gasteiger partial charge is 0.325 e. The Bertz CT molecular complexity index is 474. The third-order valence-corrected chi connectivity index (χ3v) is 4.79. The third kappa shape index (κ3) is 1.97. The Labute approximate surface area is 125 Å². The van der Waals surface area contributed by atoms with E-state index >= 15 is 0 Å². The van der Waals surface area contributed by atoms with E-state index in [0.29, 0.717) is 19.4 Å². The van der Waals surface area contributed by atoms with Gasteiger partial charge in [-0.25, -0.2) is 9.59 Å². The molecule has 0 aromatic rings. The molecule has 0 unspecified atom stereocenters. The molecule has 3 saturated heterocycles. The van der Waals surface area contributed by atoms with Gasteiger partial charge in [0.2, 0.25) is 0 Å². The first-order valence-corrected chi connectivity index (χ1v) is 7.67. The van der Waals surface area contributed by atoms with Gasteiger partial charge in [0.15, 0.2) is 6.17 Å². The Morgan fingerprint density at radius 2 is 1.86 bits per heavy atom. The molecule has 3 aliphatic rings. The molecule has 0 aromatic carbocycles. The van der Waals surface area contributed by atoms with Crippen molar-refractivity contribution < 1.29 is 9.59 Å². The van der Waals surface area contributed by atoms with Gasteiger partial charge in [-0.05, 0) is 34.1 Å². The molecule has 1 N–H and O–H groups in total. The zero-order chi connectivity index (χ0) is 15.5. The number of carbonyl (C=O) groups excluding carboxylic acids is 2. The number of nitrogens with zero attached hydrogens (tertiary/aromatic N) is 4. The first-order valence-electron chi connectivity index (χ1n) is 7.67. The molecule has 118 valence electrons. The van der Waals surface area contributed by atoms with Crippen molar-refractivity contribution in [2.24, 2.45) is 0 Å². The fourth-order valence-corrected chi connectivity index (χ4v) is 3.45. The monoisotopic (exact) mass is 295 g/mol. The molecule has 3 rings (SSSR count). The van der Waals surface area contributed by atoms with Crippen molar-refractivity contribution in [1.29, 1.82) is 0 Å². The molecular weight excluding hydrogens is 270 g/mol. The molecule has 0 radical (unpaired) electrons. The smallest absolute Gasteiger partial charge is 0.314 e. The average Bonchev–Trinajstić information content (AvgIpc) is 2.87. The van der Waals surface area contributed by atoms with Crippen LogP contribution in [0.25, 0.3) is 0 Å². The fourth-order valence-electron chi connectivity index (χ4n) is 3.45. The Morgan fingerprint density at radius 1 is 1.24 bits per heavy atom. The van der Waals surface area contributed by atoms with Crippen molar-refractivity contribution in [3.63, 3.8) is 0 Å². The first kappa shape index (κ1) is 14.4.